The second kappa shape index (κ2) is 9.38. The largest absolute Gasteiger partial charge is 0.492 e. The molecule has 2 atom stereocenters. The number of ether oxygens (including phenoxy) is 3. The van der Waals surface area contributed by atoms with E-state index >= 15 is 0 Å². The van der Waals surface area contributed by atoms with Crippen LogP contribution >= 0.6 is 0 Å². The zero-order valence-electron chi connectivity index (χ0n) is 19.1. The van der Waals surface area contributed by atoms with Crippen LogP contribution in [0.3, 0.4) is 0 Å². The molecule has 1 aliphatic heterocycles. The molecule has 0 radical (unpaired) electrons. The first kappa shape index (κ1) is 22.9. The average Bonchev–Trinajstić information content (AvgIpc) is 3.45. The van der Waals surface area contributed by atoms with E-state index in [0.29, 0.717) is 42.1 Å². The summed E-state index contributed by atoms with van der Waals surface area (Å²) in [6.07, 6.45) is 1.33. The highest BCUT2D eigenvalue weighted by molar-refractivity contribution is 5.71. The topological polar surface area (TPSA) is 68.6 Å². The highest BCUT2D eigenvalue weighted by Crippen LogP contribution is 2.42. The highest BCUT2D eigenvalue weighted by Gasteiger charge is 2.30. The van der Waals surface area contributed by atoms with Crippen molar-refractivity contribution in [2.45, 2.75) is 37.7 Å². The molecule has 0 bridgehead atoms. The second-order valence-electron chi connectivity index (χ2n) is 8.78. The number of carbonyl (C=O) groups excluding carboxylic acids is 1. The van der Waals surface area contributed by atoms with Gasteiger partial charge in [-0.25, -0.2) is 8.78 Å². The predicted octanol–water partition coefficient (Wildman–Crippen LogP) is 5.53. The van der Waals surface area contributed by atoms with E-state index in [1.165, 1.54) is 25.3 Å². The summed E-state index contributed by atoms with van der Waals surface area (Å²) in [6, 6.07) is 15.1. The van der Waals surface area contributed by atoms with Crippen molar-refractivity contribution in [1.29, 1.82) is 5.26 Å². The lowest BCUT2D eigenvalue weighted by Gasteiger charge is -2.17. The van der Waals surface area contributed by atoms with Crippen molar-refractivity contribution < 1.29 is 27.8 Å². The average molecular weight is 475 g/mol. The van der Waals surface area contributed by atoms with Gasteiger partial charge in [-0.3, -0.25) is 4.79 Å². The van der Waals surface area contributed by atoms with Crippen LogP contribution in [0.2, 0.25) is 0 Å². The maximum Gasteiger partial charge on any atom is 0.306 e. The number of fused-ring (bicyclic) bond motifs is 2. The van der Waals surface area contributed by atoms with Crippen molar-refractivity contribution >= 4 is 5.97 Å². The van der Waals surface area contributed by atoms with Gasteiger partial charge in [0.2, 0.25) is 0 Å². The van der Waals surface area contributed by atoms with Gasteiger partial charge in [0, 0.05) is 29.5 Å². The Balaban J connectivity index is 1.40. The molecule has 0 saturated carbocycles. The maximum atomic E-state index is 14.3. The molecule has 0 saturated heterocycles. The van der Waals surface area contributed by atoms with Crippen molar-refractivity contribution in [3.8, 4) is 17.6 Å². The summed E-state index contributed by atoms with van der Waals surface area (Å²) in [4.78, 5) is 11.7. The Morgan fingerprint density at radius 1 is 1.11 bits per heavy atom. The van der Waals surface area contributed by atoms with Gasteiger partial charge < -0.3 is 14.2 Å². The number of esters is 1. The van der Waals surface area contributed by atoms with E-state index in [0.717, 1.165) is 16.7 Å². The fraction of sp³-hybridized carbons (Fsp3) is 0.286. The summed E-state index contributed by atoms with van der Waals surface area (Å²) in [5.41, 5.74) is 3.78. The standard InChI is InChI=1S/C28H23F2NO4/c1-33-28(32)11-17-15-34-27-12-18(6-8-19(17)27)35-26-10-9-20-21(26)7-5-16(14-31)22(20)13-23-24(29)3-2-4-25(23)30/h2-8,12,17,26H,9-11,13,15H2,1H3. The number of carbonyl (C=O) groups is 1. The highest BCUT2D eigenvalue weighted by atomic mass is 19.1. The Hall–Kier alpha value is -3.92. The first-order valence-corrected chi connectivity index (χ1v) is 11.5. The quantitative estimate of drug-likeness (QED) is 0.439. The van der Waals surface area contributed by atoms with Crippen LogP contribution in [0.15, 0.2) is 48.5 Å². The Bertz CT molecular complexity index is 1330. The molecule has 35 heavy (non-hydrogen) atoms. The molecule has 3 aromatic carbocycles. The van der Waals surface area contributed by atoms with Crippen molar-refractivity contribution in [1.82, 2.24) is 0 Å². The zero-order valence-corrected chi connectivity index (χ0v) is 19.1. The third-order valence-electron chi connectivity index (χ3n) is 6.79. The molecule has 1 aliphatic carbocycles. The normalized spacial score (nSPS) is 17.8. The number of nitriles is 1. The molecule has 0 N–H and O–H groups in total. The summed E-state index contributed by atoms with van der Waals surface area (Å²) >= 11 is 0. The van der Waals surface area contributed by atoms with Gasteiger partial charge in [0.15, 0.2) is 0 Å². The Morgan fingerprint density at radius 3 is 2.63 bits per heavy atom. The minimum Gasteiger partial charge on any atom is -0.492 e. The van der Waals surface area contributed by atoms with Gasteiger partial charge in [0.05, 0.1) is 31.8 Å². The van der Waals surface area contributed by atoms with Crippen LogP contribution in [0.1, 0.15) is 58.2 Å². The number of nitrogens with zero attached hydrogens (tertiary/aromatic N) is 1. The van der Waals surface area contributed by atoms with Gasteiger partial charge in [-0.05, 0) is 53.8 Å². The predicted molar refractivity (Wildman–Crippen MR) is 123 cm³/mol. The van der Waals surface area contributed by atoms with Crippen LogP contribution in [-0.2, 0) is 22.4 Å². The second-order valence-corrected chi connectivity index (χ2v) is 8.78. The van der Waals surface area contributed by atoms with Crippen molar-refractivity contribution in [3.05, 3.63) is 93.5 Å². The molecule has 2 aliphatic rings. The molecule has 1 heterocycles. The van der Waals surface area contributed by atoms with Crippen molar-refractivity contribution in [3.63, 3.8) is 0 Å². The molecule has 3 aromatic rings. The monoisotopic (exact) mass is 475 g/mol. The van der Waals surface area contributed by atoms with Crippen LogP contribution in [-0.4, -0.2) is 19.7 Å². The summed E-state index contributed by atoms with van der Waals surface area (Å²) in [7, 11) is 1.37. The molecular weight excluding hydrogens is 452 g/mol. The van der Waals surface area contributed by atoms with Crippen LogP contribution in [0, 0.1) is 23.0 Å². The third kappa shape index (κ3) is 4.32. The van der Waals surface area contributed by atoms with E-state index in [1.807, 2.05) is 24.3 Å². The third-order valence-corrected chi connectivity index (χ3v) is 6.79. The Morgan fingerprint density at radius 2 is 1.89 bits per heavy atom. The van der Waals surface area contributed by atoms with Crippen molar-refractivity contribution in [2.75, 3.05) is 13.7 Å². The molecule has 7 heteroatoms. The molecule has 0 amide bonds. The summed E-state index contributed by atoms with van der Waals surface area (Å²) in [5.74, 6) is -0.264. The van der Waals surface area contributed by atoms with Gasteiger partial charge in [0.1, 0.15) is 29.2 Å². The van der Waals surface area contributed by atoms with Crippen LogP contribution in [0.4, 0.5) is 8.78 Å². The fourth-order valence-corrected chi connectivity index (χ4v) is 4.99. The first-order chi connectivity index (χ1) is 17.0. The minimum atomic E-state index is -0.624. The van der Waals surface area contributed by atoms with E-state index in [2.05, 4.69) is 6.07 Å². The van der Waals surface area contributed by atoms with E-state index in [1.54, 1.807) is 6.07 Å². The molecule has 0 aromatic heterocycles. The van der Waals surface area contributed by atoms with Gasteiger partial charge in [-0.1, -0.05) is 18.2 Å². The zero-order chi connectivity index (χ0) is 24.5. The fourth-order valence-electron chi connectivity index (χ4n) is 4.99. The molecule has 2 unspecified atom stereocenters. The summed E-state index contributed by atoms with van der Waals surface area (Å²) in [5, 5.41) is 9.64. The molecule has 5 rings (SSSR count). The van der Waals surface area contributed by atoms with Crippen LogP contribution in [0.25, 0.3) is 0 Å². The molecule has 0 spiro atoms. The number of halogens is 2. The van der Waals surface area contributed by atoms with E-state index in [-0.39, 0.29) is 36.4 Å². The number of hydrogen-bond donors (Lipinski definition) is 0. The first-order valence-electron chi connectivity index (χ1n) is 11.5. The van der Waals surface area contributed by atoms with E-state index in [9.17, 15) is 18.8 Å². The van der Waals surface area contributed by atoms with Crippen molar-refractivity contribution in [2.24, 2.45) is 0 Å². The van der Waals surface area contributed by atoms with Crippen LogP contribution < -0.4 is 9.47 Å². The van der Waals surface area contributed by atoms with E-state index in [4.69, 9.17) is 14.2 Å². The maximum absolute atomic E-state index is 14.3. The van der Waals surface area contributed by atoms with Gasteiger partial charge >= 0.3 is 5.97 Å². The van der Waals surface area contributed by atoms with Gasteiger partial charge in [0.25, 0.3) is 0 Å². The van der Waals surface area contributed by atoms with Gasteiger partial charge in [-0.15, -0.1) is 0 Å². The molecule has 5 nitrogen and oxygen atoms in total. The van der Waals surface area contributed by atoms with E-state index < -0.39 is 11.6 Å². The lowest BCUT2D eigenvalue weighted by atomic mass is 9.92. The number of methoxy groups -OCH3 is 1. The number of benzene rings is 3. The SMILES string of the molecule is COC(=O)CC1COc2cc(OC3CCc4c3ccc(C#N)c4Cc3c(F)cccc3F)ccc21. The Kier molecular flexibility index (Phi) is 6.12. The smallest absolute Gasteiger partial charge is 0.306 e. The molecule has 0 fully saturated rings. The van der Waals surface area contributed by atoms with Crippen LogP contribution in [0.5, 0.6) is 11.5 Å². The summed E-state index contributed by atoms with van der Waals surface area (Å²) in [6.45, 7) is 0.410. The minimum absolute atomic E-state index is 0.00552. The Labute approximate surface area is 201 Å². The van der Waals surface area contributed by atoms with Gasteiger partial charge in [-0.2, -0.15) is 5.26 Å². The molecular formula is C28H23F2NO4. The lowest BCUT2D eigenvalue weighted by molar-refractivity contribution is -0.141. The lowest BCUT2D eigenvalue weighted by Crippen LogP contribution is -2.09. The summed E-state index contributed by atoms with van der Waals surface area (Å²) < 4.78 is 45.5. The number of rotatable bonds is 6. The number of hydrogen-bond acceptors (Lipinski definition) is 5. The molecule has 178 valence electrons.